The first-order chi connectivity index (χ1) is 16.0. The van der Waals surface area contributed by atoms with Crippen molar-refractivity contribution in [2.24, 2.45) is 0 Å². The van der Waals surface area contributed by atoms with Crippen LogP contribution in [-0.2, 0) is 19.7 Å². The summed E-state index contributed by atoms with van der Waals surface area (Å²) in [5.74, 6) is 0.271. The van der Waals surface area contributed by atoms with E-state index < -0.39 is 19.7 Å². The highest BCUT2D eigenvalue weighted by Crippen LogP contribution is 2.21. The van der Waals surface area contributed by atoms with E-state index in [4.69, 9.17) is 17.3 Å². The summed E-state index contributed by atoms with van der Waals surface area (Å²) in [6.45, 7) is 0. The van der Waals surface area contributed by atoms with Crippen LogP contribution >= 0.6 is 43.5 Å². The number of hydrogen-bond acceptors (Lipinski definition) is 9. The van der Waals surface area contributed by atoms with Gasteiger partial charge in [0, 0.05) is 33.7 Å². The minimum Gasteiger partial charge on any atom is -0.384 e. The second kappa shape index (κ2) is 10.9. The Kier molecular flexibility index (Phi) is 8.36. The molecule has 4 aromatic heterocycles. The van der Waals surface area contributed by atoms with E-state index in [0.717, 1.165) is 0 Å². The van der Waals surface area contributed by atoms with Gasteiger partial charge >= 0.3 is 0 Å². The molecule has 0 aromatic carbocycles. The summed E-state index contributed by atoms with van der Waals surface area (Å²) in [5, 5.41) is 0.199. The molecule has 0 atom stereocenters. The molecule has 0 aliphatic rings. The number of nitrogens with two attached hydrogens (primary N) is 1. The Labute approximate surface area is 217 Å². The van der Waals surface area contributed by atoms with Gasteiger partial charge in [-0.25, -0.2) is 36.8 Å². The van der Waals surface area contributed by atoms with E-state index in [1.165, 1.54) is 61.2 Å². The summed E-state index contributed by atoms with van der Waals surface area (Å²) in [4.78, 5) is 15.3. The minimum atomic E-state index is -3.63. The number of nitrogens with zero attached hydrogens (tertiary/aromatic N) is 4. The van der Waals surface area contributed by atoms with E-state index in [0.29, 0.717) is 8.95 Å². The zero-order valence-electron chi connectivity index (χ0n) is 16.9. The van der Waals surface area contributed by atoms with Gasteiger partial charge in [-0.3, -0.25) is 0 Å². The lowest BCUT2D eigenvalue weighted by Crippen LogP contribution is -2.05. The van der Waals surface area contributed by atoms with Crippen LogP contribution in [0.15, 0.2) is 102 Å². The lowest BCUT2D eigenvalue weighted by atomic mass is 10.5. The van der Waals surface area contributed by atoms with Gasteiger partial charge in [0.1, 0.15) is 11.0 Å². The topological polar surface area (TPSA) is 146 Å². The second-order valence-electron chi connectivity index (χ2n) is 6.37. The highest BCUT2D eigenvalue weighted by Gasteiger charge is 2.20. The van der Waals surface area contributed by atoms with Crippen LogP contribution in [0.2, 0.25) is 5.15 Å². The van der Waals surface area contributed by atoms with E-state index >= 15 is 0 Å². The molecule has 0 unspecified atom stereocenters. The third kappa shape index (κ3) is 6.36. The van der Waals surface area contributed by atoms with E-state index in [2.05, 4.69) is 51.8 Å². The molecule has 0 fully saturated rings. The average molecular weight is 648 g/mol. The van der Waals surface area contributed by atoms with Crippen LogP contribution in [0, 0.1) is 0 Å². The number of pyridine rings is 4. The van der Waals surface area contributed by atoms with Gasteiger partial charge in [-0.2, -0.15) is 0 Å². The van der Waals surface area contributed by atoms with Crippen LogP contribution in [0.25, 0.3) is 0 Å². The predicted molar refractivity (Wildman–Crippen MR) is 133 cm³/mol. The predicted octanol–water partition coefficient (Wildman–Crippen LogP) is 4.38. The first-order valence-corrected chi connectivity index (χ1v) is 14.0. The average Bonchev–Trinajstić information content (AvgIpc) is 2.81. The molecule has 0 saturated heterocycles. The van der Waals surface area contributed by atoms with Crippen molar-refractivity contribution >= 4 is 69.0 Å². The van der Waals surface area contributed by atoms with Gasteiger partial charge in [0.25, 0.3) is 0 Å². The SMILES string of the molecule is Nc1ccc(S(=O)(=O)c2ccc(Br)cn2)cn1.O=S(=O)(c1ccc(Cl)nc1)c1ccc(Br)cn1. The molecule has 0 bridgehead atoms. The lowest BCUT2D eigenvalue weighted by Gasteiger charge is -2.03. The van der Waals surface area contributed by atoms with Crippen LogP contribution in [-0.4, -0.2) is 36.8 Å². The number of rotatable bonds is 4. The van der Waals surface area contributed by atoms with Crippen molar-refractivity contribution in [3.05, 3.63) is 87.4 Å². The van der Waals surface area contributed by atoms with Gasteiger partial charge in [-0.1, -0.05) is 11.6 Å². The van der Waals surface area contributed by atoms with Gasteiger partial charge in [-0.05, 0) is 80.4 Å². The molecule has 0 aliphatic heterocycles. The second-order valence-corrected chi connectivity index (χ2v) is 12.4. The van der Waals surface area contributed by atoms with Crippen LogP contribution in [0.1, 0.15) is 0 Å². The summed E-state index contributed by atoms with van der Waals surface area (Å²) in [5.41, 5.74) is 5.40. The van der Waals surface area contributed by atoms with Crippen molar-refractivity contribution in [1.82, 2.24) is 19.9 Å². The molecule has 14 heteroatoms. The van der Waals surface area contributed by atoms with Crippen molar-refractivity contribution in [2.75, 3.05) is 5.73 Å². The number of halogens is 3. The number of nitrogen functional groups attached to an aromatic ring is 1. The Hall–Kier alpha value is -2.45. The van der Waals surface area contributed by atoms with Gasteiger partial charge in [0.15, 0.2) is 10.1 Å². The smallest absolute Gasteiger partial charge is 0.225 e. The molecule has 0 aliphatic carbocycles. The number of sulfone groups is 2. The molecule has 2 N–H and O–H groups in total. The first kappa shape index (κ1) is 26.2. The number of anilines is 1. The molecule has 176 valence electrons. The highest BCUT2D eigenvalue weighted by molar-refractivity contribution is 9.10. The Bertz CT molecular complexity index is 1270. The molecule has 4 rings (SSSR count). The van der Waals surface area contributed by atoms with E-state index in [-0.39, 0.29) is 30.8 Å². The fourth-order valence-electron chi connectivity index (χ4n) is 2.36. The summed E-state index contributed by atoms with van der Waals surface area (Å²) < 4.78 is 49.8. The molecule has 34 heavy (non-hydrogen) atoms. The zero-order chi connectivity index (χ0) is 24.9. The maximum absolute atomic E-state index is 12.1. The number of aromatic nitrogens is 4. The van der Waals surface area contributed by atoms with Gasteiger partial charge in [0.05, 0.1) is 9.79 Å². The van der Waals surface area contributed by atoms with Crippen molar-refractivity contribution in [1.29, 1.82) is 0 Å². The Balaban J connectivity index is 0.000000191. The molecule has 9 nitrogen and oxygen atoms in total. The van der Waals surface area contributed by atoms with Crippen LogP contribution in [0.3, 0.4) is 0 Å². The Morgan fingerprint density at radius 2 is 1.09 bits per heavy atom. The monoisotopic (exact) mass is 645 g/mol. The molecule has 0 saturated carbocycles. The fourth-order valence-corrected chi connectivity index (χ4v) is 5.17. The van der Waals surface area contributed by atoms with Crippen LogP contribution in [0.4, 0.5) is 5.82 Å². The maximum atomic E-state index is 12.1. The minimum absolute atomic E-state index is 0.0210. The molecule has 4 heterocycles. The van der Waals surface area contributed by atoms with Gasteiger partial charge < -0.3 is 5.73 Å². The summed E-state index contributed by atoms with van der Waals surface area (Å²) in [6, 6.07) is 11.7. The zero-order valence-corrected chi connectivity index (χ0v) is 22.4. The molecular weight excluding hydrogens is 634 g/mol. The maximum Gasteiger partial charge on any atom is 0.225 e. The lowest BCUT2D eigenvalue weighted by molar-refractivity contribution is 0.590. The quantitative estimate of drug-likeness (QED) is 0.319. The third-order valence-electron chi connectivity index (χ3n) is 4.03. The van der Waals surface area contributed by atoms with Crippen molar-refractivity contribution in [2.45, 2.75) is 19.8 Å². The van der Waals surface area contributed by atoms with Gasteiger partial charge in [0.2, 0.25) is 19.7 Å². The summed E-state index contributed by atoms with van der Waals surface area (Å²) in [6.07, 6.45) is 5.28. The van der Waals surface area contributed by atoms with Crippen molar-refractivity contribution in [3.8, 4) is 0 Å². The van der Waals surface area contributed by atoms with Crippen LogP contribution < -0.4 is 5.73 Å². The number of hydrogen-bond donors (Lipinski definition) is 1. The normalized spacial score (nSPS) is 11.4. The van der Waals surface area contributed by atoms with Crippen LogP contribution in [0.5, 0.6) is 0 Å². The molecule has 0 spiro atoms. The van der Waals surface area contributed by atoms with Crippen molar-refractivity contribution in [3.63, 3.8) is 0 Å². The fraction of sp³-hybridized carbons (Fsp3) is 0. The van der Waals surface area contributed by atoms with E-state index in [1.807, 2.05) is 0 Å². The van der Waals surface area contributed by atoms with Crippen molar-refractivity contribution < 1.29 is 16.8 Å². The summed E-state index contributed by atoms with van der Waals surface area (Å²) >= 11 is 12.0. The molecule has 0 radical (unpaired) electrons. The van der Waals surface area contributed by atoms with E-state index in [9.17, 15) is 16.8 Å². The summed E-state index contributed by atoms with van der Waals surface area (Å²) in [7, 11) is -7.25. The third-order valence-corrected chi connectivity index (χ3v) is 8.50. The molecular formula is C20H14Br2ClN5O4S2. The Morgan fingerprint density at radius 1 is 0.618 bits per heavy atom. The van der Waals surface area contributed by atoms with E-state index in [1.54, 1.807) is 12.1 Å². The first-order valence-electron chi connectivity index (χ1n) is 9.06. The molecule has 4 aromatic rings. The standard InChI is InChI=1S/C10H6BrClN2O2S.C10H8BrN3O2S/c2*11-7-1-4-10(14-5-7)17(15,16)8-2-3-9(12)13-6-8/h1-6H;1-6H,(H2,12,13). The van der Waals surface area contributed by atoms with Gasteiger partial charge in [-0.15, -0.1) is 0 Å². The Morgan fingerprint density at radius 3 is 1.44 bits per heavy atom. The largest absolute Gasteiger partial charge is 0.384 e. The highest BCUT2D eigenvalue weighted by atomic mass is 79.9. The molecule has 0 amide bonds.